The van der Waals surface area contributed by atoms with Crippen molar-refractivity contribution in [3.8, 4) is 11.3 Å². The van der Waals surface area contributed by atoms with Gasteiger partial charge in [-0.3, -0.25) is 14.4 Å². The molecule has 0 saturated heterocycles. The van der Waals surface area contributed by atoms with Crippen LogP contribution in [0.2, 0.25) is 0 Å². The molecule has 22 heavy (non-hydrogen) atoms. The maximum absolute atomic E-state index is 12.7. The van der Waals surface area contributed by atoms with Gasteiger partial charge < -0.3 is 4.98 Å². The van der Waals surface area contributed by atoms with Crippen molar-refractivity contribution in [2.45, 2.75) is 6.42 Å². The lowest BCUT2D eigenvalue weighted by atomic mass is 9.86. The molecule has 3 aliphatic rings. The van der Waals surface area contributed by atoms with Crippen LogP contribution in [-0.4, -0.2) is 15.8 Å². The molecular formula is C17H10N2O3. The minimum atomic E-state index is -0.441. The zero-order valence-electron chi connectivity index (χ0n) is 11.4. The minimum absolute atomic E-state index is 0.0201. The second-order valence-corrected chi connectivity index (χ2v) is 5.23. The third-order valence-electron chi connectivity index (χ3n) is 3.99. The normalized spacial score (nSPS) is 12.8. The maximum Gasteiger partial charge on any atom is 0.197 e. The van der Waals surface area contributed by atoms with Crippen molar-refractivity contribution in [1.29, 1.82) is 0 Å². The molecule has 1 heterocycles. The van der Waals surface area contributed by atoms with Gasteiger partial charge in [-0.15, -0.1) is 0 Å². The fourth-order valence-electron chi connectivity index (χ4n) is 2.93. The van der Waals surface area contributed by atoms with Crippen LogP contribution in [0.4, 0.5) is 0 Å². The number of benzene rings is 1. The van der Waals surface area contributed by atoms with Gasteiger partial charge in [-0.2, -0.15) is 0 Å². The number of nitrogens with zero attached hydrogens (tertiary/aromatic N) is 1. The summed E-state index contributed by atoms with van der Waals surface area (Å²) in [5.41, 5.74) is 1.43. The topological polar surface area (TPSA) is 79.9 Å². The lowest BCUT2D eigenvalue weighted by molar-refractivity contribution is 0.103. The van der Waals surface area contributed by atoms with E-state index in [1.165, 1.54) is 18.6 Å². The van der Waals surface area contributed by atoms with E-state index in [0.29, 0.717) is 16.8 Å². The number of carbonyl (C=O) groups excluding carboxylic acids is 1. The van der Waals surface area contributed by atoms with Crippen LogP contribution in [0, 0.1) is 0 Å². The van der Waals surface area contributed by atoms with Gasteiger partial charge in [0.1, 0.15) is 0 Å². The highest BCUT2D eigenvalue weighted by Gasteiger charge is 2.28. The molecule has 4 rings (SSSR count). The Morgan fingerprint density at radius 3 is 2.73 bits per heavy atom. The number of rotatable bonds is 0. The van der Waals surface area contributed by atoms with Crippen molar-refractivity contribution in [3.05, 3.63) is 85.6 Å². The highest BCUT2D eigenvalue weighted by Crippen LogP contribution is 2.24. The lowest BCUT2D eigenvalue weighted by Crippen LogP contribution is -2.26. The summed E-state index contributed by atoms with van der Waals surface area (Å²) < 4.78 is 0. The molecule has 0 amide bonds. The van der Waals surface area contributed by atoms with Crippen LogP contribution in [-0.2, 0) is 6.42 Å². The van der Waals surface area contributed by atoms with Crippen LogP contribution in [0.15, 0.2) is 52.4 Å². The van der Waals surface area contributed by atoms with Crippen LogP contribution in [0.3, 0.4) is 0 Å². The van der Waals surface area contributed by atoms with Crippen molar-refractivity contribution in [3.63, 3.8) is 0 Å². The van der Waals surface area contributed by atoms with Crippen molar-refractivity contribution in [2.24, 2.45) is 0 Å². The number of fused-ring (bicyclic) bond motifs is 3. The van der Waals surface area contributed by atoms with E-state index in [0.717, 1.165) is 5.56 Å². The molecule has 1 aliphatic heterocycles. The van der Waals surface area contributed by atoms with Crippen molar-refractivity contribution >= 4 is 5.78 Å². The van der Waals surface area contributed by atoms with Gasteiger partial charge in [0.05, 0.1) is 23.1 Å². The van der Waals surface area contributed by atoms with Crippen molar-refractivity contribution in [2.75, 3.05) is 0 Å². The zero-order chi connectivity index (χ0) is 15.3. The Hall–Kier alpha value is -3.08. The first-order chi connectivity index (χ1) is 10.7. The lowest BCUT2D eigenvalue weighted by Gasteiger charge is -2.15. The molecule has 1 aromatic carbocycles. The van der Waals surface area contributed by atoms with E-state index < -0.39 is 5.43 Å². The molecule has 5 heteroatoms. The van der Waals surface area contributed by atoms with Gasteiger partial charge in [-0.1, -0.05) is 24.3 Å². The van der Waals surface area contributed by atoms with Gasteiger partial charge in [0.15, 0.2) is 16.6 Å². The second kappa shape index (κ2) is 4.46. The van der Waals surface area contributed by atoms with Crippen LogP contribution in [0.5, 0.6) is 0 Å². The van der Waals surface area contributed by atoms with Gasteiger partial charge in [-0.05, 0) is 5.56 Å². The Morgan fingerprint density at radius 2 is 1.86 bits per heavy atom. The van der Waals surface area contributed by atoms with Crippen LogP contribution in [0.25, 0.3) is 11.3 Å². The summed E-state index contributed by atoms with van der Waals surface area (Å²) in [6, 6.07) is 8.35. The summed E-state index contributed by atoms with van der Waals surface area (Å²) in [4.78, 5) is 44.5. The fraction of sp³-hybridized carbons (Fsp3) is 0.0588. The van der Waals surface area contributed by atoms with E-state index in [1.807, 2.05) is 6.07 Å². The minimum Gasteiger partial charge on any atom is -0.346 e. The summed E-state index contributed by atoms with van der Waals surface area (Å²) >= 11 is 0. The number of nitrogens with one attached hydrogen (secondary N) is 1. The molecule has 0 saturated carbocycles. The Balaban J connectivity index is 2.16. The van der Waals surface area contributed by atoms with E-state index in [4.69, 9.17) is 0 Å². The van der Waals surface area contributed by atoms with Crippen molar-refractivity contribution in [1.82, 2.24) is 9.97 Å². The Labute approximate surface area is 124 Å². The number of H-pyrrole nitrogens is 1. The van der Waals surface area contributed by atoms with E-state index in [9.17, 15) is 14.4 Å². The SMILES string of the molecule is O=C1c2ccccc2Cc2c1c(=O)cc1[nH]cncc-1c2=O. The monoisotopic (exact) mass is 290 g/mol. The molecule has 2 aliphatic carbocycles. The van der Waals surface area contributed by atoms with Gasteiger partial charge >= 0.3 is 0 Å². The third-order valence-corrected chi connectivity index (χ3v) is 3.99. The Bertz CT molecular complexity index is 1020. The molecule has 0 aromatic heterocycles. The van der Waals surface area contributed by atoms with Gasteiger partial charge in [0, 0.05) is 29.8 Å². The first kappa shape index (κ1) is 12.6. The molecule has 0 radical (unpaired) electrons. The molecule has 1 aromatic rings. The number of ketones is 1. The summed E-state index contributed by atoms with van der Waals surface area (Å²) in [7, 11) is 0. The molecule has 0 unspecified atom stereocenters. The summed E-state index contributed by atoms with van der Waals surface area (Å²) in [5, 5.41) is 0. The molecule has 0 fully saturated rings. The number of hydrogen-bond acceptors (Lipinski definition) is 4. The predicted molar refractivity (Wildman–Crippen MR) is 80.4 cm³/mol. The van der Waals surface area contributed by atoms with Crippen LogP contribution < -0.4 is 10.9 Å². The number of carbonyl (C=O) groups is 1. The number of hydrogen-bond donors (Lipinski definition) is 1. The molecule has 0 spiro atoms. The first-order valence-electron chi connectivity index (χ1n) is 6.82. The second-order valence-electron chi connectivity index (χ2n) is 5.23. The van der Waals surface area contributed by atoms with E-state index in [1.54, 1.807) is 18.2 Å². The standard InChI is InChI=1S/C17H10N2O3/c20-14-6-13-12(7-18-8-19-13)16(21)11-5-9-3-1-2-4-10(9)17(22)15(11)14/h1-4,6-8H,5H2,(H,18,19). The van der Waals surface area contributed by atoms with E-state index >= 15 is 0 Å². The zero-order valence-corrected chi connectivity index (χ0v) is 11.4. The van der Waals surface area contributed by atoms with Gasteiger partial charge in [0.2, 0.25) is 0 Å². The average molecular weight is 290 g/mol. The molecular weight excluding hydrogens is 280 g/mol. The van der Waals surface area contributed by atoms with Crippen molar-refractivity contribution < 1.29 is 4.79 Å². The highest BCUT2D eigenvalue weighted by atomic mass is 16.1. The molecule has 0 bridgehead atoms. The van der Waals surface area contributed by atoms with Gasteiger partial charge in [0.25, 0.3) is 0 Å². The largest absolute Gasteiger partial charge is 0.346 e. The maximum atomic E-state index is 12.7. The highest BCUT2D eigenvalue weighted by molar-refractivity contribution is 6.12. The molecule has 5 nitrogen and oxygen atoms in total. The Morgan fingerprint density at radius 1 is 1.05 bits per heavy atom. The van der Waals surface area contributed by atoms with E-state index in [-0.39, 0.29) is 28.8 Å². The predicted octanol–water partition coefficient (Wildman–Crippen LogP) is 1.37. The summed E-state index contributed by atoms with van der Waals surface area (Å²) in [6.07, 6.45) is 3.10. The number of aromatic amines is 1. The quantitative estimate of drug-likeness (QED) is 0.530. The molecule has 1 N–H and O–H groups in total. The Kier molecular flexibility index (Phi) is 2.56. The van der Waals surface area contributed by atoms with Crippen LogP contribution >= 0.6 is 0 Å². The smallest absolute Gasteiger partial charge is 0.197 e. The summed E-state index contributed by atoms with van der Waals surface area (Å²) in [5.74, 6) is -0.382. The number of aromatic nitrogens is 2. The first-order valence-corrected chi connectivity index (χ1v) is 6.82. The molecule has 106 valence electrons. The fourth-order valence-corrected chi connectivity index (χ4v) is 2.93. The summed E-state index contributed by atoms with van der Waals surface area (Å²) in [6.45, 7) is 0. The van der Waals surface area contributed by atoms with Crippen LogP contribution in [0.1, 0.15) is 27.0 Å². The third kappa shape index (κ3) is 1.65. The van der Waals surface area contributed by atoms with Gasteiger partial charge in [-0.25, -0.2) is 4.98 Å². The molecule has 0 atom stereocenters. The average Bonchev–Trinajstić information content (AvgIpc) is 2.64. The van der Waals surface area contributed by atoms with E-state index in [2.05, 4.69) is 9.97 Å².